The van der Waals surface area contributed by atoms with Crippen LogP contribution in [0.2, 0.25) is 0 Å². The van der Waals surface area contributed by atoms with Gasteiger partial charge in [0.05, 0.1) is 12.8 Å². The van der Waals surface area contributed by atoms with E-state index in [1.54, 1.807) is 6.92 Å². The highest BCUT2D eigenvalue weighted by Crippen LogP contribution is 2.25. The minimum absolute atomic E-state index is 0.00992. The first-order valence-electron chi connectivity index (χ1n) is 8.88. The van der Waals surface area contributed by atoms with Crippen LogP contribution in [-0.2, 0) is 14.8 Å². The molecule has 2 heterocycles. The van der Waals surface area contributed by atoms with Crippen molar-refractivity contribution in [2.24, 2.45) is 0 Å². The van der Waals surface area contributed by atoms with E-state index in [-0.39, 0.29) is 23.2 Å². The van der Waals surface area contributed by atoms with Crippen LogP contribution in [-0.4, -0.2) is 61.2 Å². The van der Waals surface area contributed by atoms with E-state index < -0.39 is 16.0 Å². The van der Waals surface area contributed by atoms with Crippen molar-refractivity contribution in [3.05, 3.63) is 41.6 Å². The molecule has 0 saturated carbocycles. The number of anilines is 1. The third-order valence-corrected chi connectivity index (χ3v) is 6.46. The summed E-state index contributed by atoms with van der Waals surface area (Å²) < 4.78 is 32.4. The first kappa shape index (κ1) is 19.4. The molecule has 1 atom stereocenters. The molecule has 1 saturated heterocycles. The van der Waals surface area contributed by atoms with Gasteiger partial charge < -0.3 is 9.64 Å². The Morgan fingerprint density at radius 3 is 2.81 bits per heavy atom. The van der Waals surface area contributed by atoms with E-state index in [0.717, 1.165) is 11.3 Å². The minimum atomic E-state index is -3.87. The highest BCUT2D eigenvalue weighted by Gasteiger charge is 2.36. The number of carbonyl (C=O) groups excluding carboxylic acids is 1. The fourth-order valence-electron chi connectivity index (χ4n) is 3.29. The highest BCUT2D eigenvalue weighted by molar-refractivity contribution is 7.89. The average molecular weight is 392 g/mol. The van der Waals surface area contributed by atoms with Crippen molar-refractivity contribution in [1.29, 1.82) is 0 Å². The molecular weight excluding hydrogens is 368 g/mol. The number of aromatic nitrogens is 2. The number of esters is 1. The van der Waals surface area contributed by atoms with Crippen molar-refractivity contribution in [3.63, 3.8) is 0 Å². The standard InChI is InChI=1S/C18H24N4O4S/c1-4-26-18(23)16-11-19-20-17(16)27(24,25)21-8-9-22(14(3)12-21)15-7-5-6-13(2)10-15/h5-7,10-11,14H,4,8-9,12H2,1-3H3,(H,19,20)/t14-/m1/s1. The van der Waals surface area contributed by atoms with Crippen molar-refractivity contribution >= 4 is 21.7 Å². The second kappa shape index (κ2) is 7.69. The number of aromatic amines is 1. The van der Waals surface area contributed by atoms with Gasteiger partial charge >= 0.3 is 5.97 Å². The van der Waals surface area contributed by atoms with Crippen LogP contribution in [0.1, 0.15) is 29.8 Å². The Labute approximate surface area is 159 Å². The number of nitrogens with zero attached hydrogens (tertiary/aromatic N) is 3. The Hall–Kier alpha value is -2.39. The second-order valence-corrected chi connectivity index (χ2v) is 8.45. The first-order chi connectivity index (χ1) is 12.8. The number of H-pyrrole nitrogens is 1. The fraction of sp³-hybridized carbons (Fsp3) is 0.444. The predicted octanol–water partition coefficient (Wildman–Crippen LogP) is 1.79. The van der Waals surface area contributed by atoms with Crippen molar-refractivity contribution < 1.29 is 17.9 Å². The molecule has 1 fully saturated rings. The van der Waals surface area contributed by atoms with E-state index >= 15 is 0 Å². The molecule has 1 aliphatic rings. The Balaban J connectivity index is 1.80. The SMILES string of the molecule is CCOC(=O)c1cn[nH]c1S(=O)(=O)N1CCN(c2cccc(C)c2)[C@H](C)C1. The van der Waals surface area contributed by atoms with Gasteiger partial charge in [0, 0.05) is 31.4 Å². The topological polar surface area (TPSA) is 95.6 Å². The molecule has 0 spiro atoms. The number of hydrogen-bond acceptors (Lipinski definition) is 6. The zero-order valence-electron chi connectivity index (χ0n) is 15.7. The van der Waals surface area contributed by atoms with E-state index in [2.05, 4.69) is 21.2 Å². The number of piperazine rings is 1. The molecule has 0 radical (unpaired) electrons. The Morgan fingerprint density at radius 1 is 1.37 bits per heavy atom. The number of aryl methyl sites for hydroxylation is 1. The summed E-state index contributed by atoms with van der Waals surface area (Å²) in [5.41, 5.74) is 2.17. The van der Waals surface area contributed by atoms with Gasteiger partial charge in [-0.3, -0.25) is 5.10 Å². The summed E-state index contributed by atoms with van der Waals surface area (Å²) in [4.78, 5) is 14.2. The van der Waals surface area contributed by atoms with Crippen molar-refractivity contribution in [1.82, 2.24) is 14.5 Å². The maximum Gasteiger partial charge on any atom is 0.342 e. The van der Waals surface area contributed by atoms with E-state index in [0.29, 0.717) is 19.6 Å². The van der Waals surface area contributed by atoms with E-state index in [9.17, 15) is 13.2 Å². The maximum absolute atomic E-state index is 13.0. The van der Waals surface area contributed by atoms with Crippen LogP contribution in [0.5, 0.6) is 0 Å². The molecule has 1 N–H and O–H groups in total. The summed E-state index contributed by atoms with van der Waals surface area (Å²) in [5.74, 6) is -0.698. The molecule has 0 unspecified atom stereocenters. The molecule has 0 aliphatic carbocycles. The monoisotopic (exact) mass is 392 g/mol. The normalized spacial score (nSPS) is 18.5. The lowest BCUT2D eigenvalue weighted by atomic mass is 10.1. The van der Waals surface area contributed by atoms with E-state index in [1.807, 2.05) is 32.0 Å². The van der Waals surface area contributed by atoms with Crippen LogP contribution in [0.15, 0.2) is 35.5 Å². The average Bonchev–Trinajstić information content (AvgIpc) is 3.12. The van der Waals surface area contributed by atoms with Gasteiger partial charge in [-0.1, -0.05) is 12.1 Å². The largest absolute Gasteiger partial charge is 0.462 e. The molecule has 9 heteroatoms. The predicted molar refractivity (Wildman–Crippen MR) is 101 cm³/mol. The Kier molecular flexibility index (Phi) is 5.52. The van der Waals surface area contributed by atoms with Gasteiger partial charge in [0.25, 0.3) is 10.0 Å². The number of ether oxygens (including phenoxy) is 1. The van der Waals surface area contributed by atoms with Gasteiger partial charge in [-0.2, -0.15) is 9.40 Å². The number of nitrogens with one attached hydrogen (secondary N) is 1. The summed E-state index contributed by atoms with van der Waals surface area (Å²) in [6.45, 7) is 7.05. The van der Waals surface area contributed by atoms with Crippen LogP contribution >= 0.6 is 0 Å². The lowest BCUT2D eigenvalue weighted by Gasteiger charge is -2.40. The summed E-state index contributed by atoms with van der Waals surface area (Å²) in [7, 11) is -3.87. The van der Waals surface area contributed by atoms with E-state index in [4.69, 9.17) is 4.74 Å². The van der Waals surface area contributed by atoms with Gasteiger partial charge in [0.2, 0.25) is 0 Å². The smallest absolute Gasteiger partial charge is 0.342 e. The lowest BCUT2D eigenvalue weighted by Crippen LogP contribution is -2.53. The number of rotatable bonds is 5. The molecule has 1 aromatic carbocycles. The van der Waals surface area contributed by atoms with Crippen LogP contribution in [0.3, 0.4) is 0 Å². The third kappa shape index (κ3) is 3.84. The highest BCUT2D eigenvalue weighted by atomic mass is 32.2. The molecule has 0 amide bonds. The van der Waals surface area contributed by atoms with Crippen molar-refractivity contribution in [3.8, 4) is 0 Å². The number of hydrogen-bond donors (Lipinski definition) is 1. The van der Waals surface area contributed by atoms with Crippen molar-refractivity contribution in [2.75, 3.05) is 31.1 Å². The third-order valence-electron chi connectivity index (χ3n) is 4.62. The summed E-state index contributed by atoms with van der Waals surface area (Å²) in [6, 6.07) is 8.14. The number of benzene rings is 1. The van der Waals surface area contributed by atoms with Gasteiger partial charge in [-0.05, 0) is 38.5 Å². The van der Waals surface area contributed by atoms with Gasteiger partial charge in [0.1, 0.15) is 5.56 Å². The van der Waals surface area contributed by atoms with Gasteiger partial charge in [0.15, 0.2) is 5.03 Å². The van der Waals surface area contributed by atoms with Crippen LogP contribution in [0.4, 0.5) is 5.69 Å². The molecule has 146 valence electrons. The summed E-state index contributed by atoms with van der Waals surface area (Å²) >= 11 is 0. The molecule has 27 heavy (non-hydrogen) atoms. The zero-order valence-corrected chi connectivity index (χ0v) is 16.5. The molecule has 8 nitrogen and oxygen atoms in total. The number of carbonyl (C=O) groups is 1. The quantitative estimate of drug-likeness (QED) is 0.780. The molecule has 1 aromatic heterocycles. The first-order valence-corrected chi connectivity index (χ1v) is 10.3. The molecule has 0 bridgehead atoms. The Morgan fingerprint density at radius 2 is 2.15 bits per heavy atom. The minimum Gasteiger partial charge on any atom is -0.462 e. The molecule has 1 aliphatic heterocycles. The maximum atomic E-state index is 13.0. The van der Waals surface area contributed by atoms with Gasteiger partial charge in [-0.15, -0.1) is 0 Å². The van der Waals surface area contributed by atoms with Gasteiger partial charge in [-0.25, -0.2) is 13.2 Å². The van der Waals surface area contributed by atoms with Crippen LogP contribution in [0.25, 0.3) is 0 Å². The molecular formula is C18H24N4O4S. The molecule has 2 aromatic rings. The lowest BCUT2D eigenvalue weighted by molar-refractivity contribution is 0.0521. The summed E-state index contributed by atoms with van der Waals surface area (Å²) in [5, 5.41) is 5.98. The number of sulfonamides is 1. The van der Waals surface area contributed by atoms with Crippen molar-refractivity contribution in [2.45, 2.75) is 31.8 Å². The summed E-state index contributed by atoms with van der Waals surface area (Å²) in [6.07, 6.45) is 1.19. The van der Waals surface area contributed by atoms with Crippen LogP contribution < -0.4 is 4.90 Å². The Bertz CT molecular complexity index is 925. The second-order valence-electron chi connectivity index (χ2n) is 6.58. The molecule has 3 rings (SSSR count). The van der Waals surface area contributed by atoms with E-state index in [1.165, 1.54) is 10.5 Å². The zero-order chi connectivity index (χ0) is 19.6. The van der Waals surface area contributed by atoms with Crippen LogP contribution in [0, 0.1) is 6.92 Å². The fourth-order valence-corrected chi connectivity index (χ4v) is 4.86.